The molecule has 1 saturated heterocycles. The minimum Gasteiger partial charge on any atom is -0.459 e. The number of aromatic nitrogens is 2. The van der Waals surface area contributed by atoms with Gasteiger partial charge in [0.25, 0.3) is 5.91 Å². The third-order valence-electron chi connectivity index (χ3n) is 5.90. The molecule has 1 fully saturated rings. The number of imide groups is 1. The number of fused-ring (bicyclic) bond motifs is 1. The van der Waals surface area contributed by atoms with Crippen LogP contribution in [-0.2, 0) is 27.3 Å². The molecule has 5 rings (SSSR count). The normalized spacial score (nSPS) is 18.8. The fraction of sp³-hybridized carbons (Fsp3) is 0.360. The Bertz CT molecular complexity index is 1190. The van der Waals surface area contributed by atoms with Crippen LogP contribution >= 0.6 is 0 Å². The van der Waals surface area contributed by atoms with Crippen molar-refractivity contribution in [3.63, 3.8) is 0 Å². The van der Waals surface area contributed by atoms with E-state index in [2.05, 4.69) is 5.43 Å². The molecule has 0 radical (unpaired) electrons. The zero-order valence-electron chi connectivity index (χ0n) is 19.1. The molecular weight excluding hydrogens is 436 g/mol. The summed E-state index contributed by atoms with van der Waals surface area (Å²) in [5.41, 5.74) is 4.91. The van der Waals surface area contributed by atoms with Crippen molar-refractivity contribution in [2.24, 2.45) is 0 Å². The van der Waals surface area contributed by atoms with Crippen molar-refractivity contribution in [1.29, 1.82) is 0 Å². The highest BCUT2D eigenvalue weighted by atomic mass is 16.5. The Hall–Kier alpha value is -3.56. The van der Waals surface area contributed by atoms with Gasteiger partial charge in [0.15, 0.2) is 17.4 Å². The van der Waals surface area contributed by atoms with Crippen LogP contribution < -0.4 is 5.43 Å². The highest BCUT2D eigenvalue weighted by Gasteiger charge is 2.36. The lowest BCUT2D eigenvalue weighted by molar-refractivity contribution is -0.137. The summed E-state index contributed by atoms with van der Waals surface area (Å²) in [4.78, 5) is 36.1. The van der Waals surface area contributed by atoms with Gasteiger partial charge in [-0.1, -0.05) is 30.3 Å². The predicted molar refractivity (Wildman–Crippen MR) is 123 cm³/mol. The van der Waals surface area contributed by atoms with E-state index in [4.69, 9.17) is 23.9 Å². The predicted octanol–water partition coefficient (Wildman–Crippen LogP) is 3.76. The second-order valence-corrected chi connectivity index (χ2v) is 8.98. The van der Waals surface area contributed by atoms with E-state index in [0.717, 1.165) is 22.7 Å². The SMILES string of the molecule is CC1(C)Cc2nc(-c3ccccc3)nc(NN(C(=O)c3ccco3)C(=O)[C@H]3CCCO3)c2CO1. The van der Waals surface area contributed by atoms with Crippen LogP contribution in [0.1, 0.15) is 48.5 Å². The number of anilines is 1. The number of furan rings is 1. The van der Waals surface area contributed by atoms with Crippen molar-refractivity contribution in [1.82, 2.24) is 15.0 Å². The fourth-order valence-corrected chi connectivity index (χ4v) is 4.10. The van der Waals surface area contributed by atoms with Crippen LogP contribution in [-0.4, -0.2) is 45.1 Å². The van der Waals surface area contributed by atoms with E-state index < -0.39 is 23.5 Å². The van der Waals surface area contributed by atoms with Gasteiger partial charge in [0.05, 0.1) is 24.2 Å². The first kappa shape index (κ1) is 22.2. The summed E-state index contributed by atoms with van der Waals surface area (Å²) in [5, 5.41) is 0.936. The second kappa shape index (κ2) is 9.00. The van der Waals surface area contributed by atoms with Gasteiger partial charge in [-0.2, -0.15) is 5.01 Å². The van der Waals surface area contributed by atoms with Gasteiger partial charge in [-0.3, -0.25) is 15.0 Å². The number of ether oxygens (including phenoxy) is 2. The Balaban J connectivity index is 1.57. The first-order valence-electron chi connectivity index (χ1n) is 11.3. The van der Waals surface area contributed by atoms with Gasteiger partial charge in [-0.05, 0) is 38.8 Å². The number of hydrogen-bond donors (Lipinski definition) is 1. The molecule has 1 N–H and O–H groups in total. The number of hydrogen-bond acceptors (Lipinski definition) is 8. The molecule has 0 saturated carbocycles. The lowest BCUT2D eigenvalue weighted by Gasteiger charge is -2.33. The summed E-state index contributed by atoms with van der Waals surface area (Å²) in [5.74, 6) is -0.261. The minimum atomic E-state index is -0.715. The lowest BCUT2D eigenvalue weighted by Crippen LogP contribution is -2.47. The molecule has 2 amide bonds. The van der Waals surface area contributed by atoms with E-state index in [1.54, 1.807) is 6.07 Å². The largest absolute Gasteiger partial charge is 0.459 e. The first-order chi connectivity index (χ1) is 16.4. The first-order valence-corrected chi connectivity index (χ1v) is 11.3. The third-order valence-corrected chi connectivity index (χ3v) is 5.90. The molecule has 0 spiro atoms. The highest BCUT2D eigenvalue weighted by Crippen LogP contribution is 2.33. The van der Waals surface area contributed by atoms with E-state index in [0.29, 0.717) is 36.7 Å². The van der Waals surface area contributed by atoms with Crippen LogP contribution in [0, 0.1) is 0 Å². The molecule has 2 aliphatic rings. The molecule has 2 aromatic heterocycles. The Morgan fingerprint density at radius 2 is 1.94 bits per heavy atom. The average Bonchev–Trinajstić information content (AvgIpc) is 3.56. The summed E-state index contributed by atoms with van der Waals surface area (Å²) < 4.78 is 16.8. The van der Waals surface area contributed by atoms with Crippen LogP contribution in [0.5, 0.6) is 0 Å². The second-order valence-electron chi connectivity index (χ2n) is 8.98. The lowest BCUT2D eigenvalue weighted by atomic mass is 9.96. The number of amides is 2. The van der Waals surface area contributed by atoms with Gasteiger partial charge in [0, 0.05) is 24.2 Å². The molecule has 2 aliphatic heterocycles. The summed E-state index contributed by atoms with van der Waals surface area (Å²) in [6.45, 7) is 4.72. The van der Waals surface area contributed by atoms with Crippen LogP contribution in [0.15, 0.2) is 53.1 Å². The maximum Gasteiger partial charge on any atom is 0.315 e. The Kier molecular flexibility index (Phi) is 5.89. The topological polar surface area (TPSA) is 107 Å². The maximum absolute atomic E-state index is 13.3. The molecule has 3 aromatic rings. The summed E-state index contributed by atoms with van der Waals surface area (Å²) in [6, 6.07) is 12.7. The standard InChI is InChI=1S/C25H26N4O5/c1-25(2)14-18-17(15-34-25)22(27-21(26-18)16-8-4-3-5-9-16)28-29(23(30)19-10-6-12-32-19)24(31)20-11-7-13-33-20/h3-6,8-10,12,20H,7,11,13-15H2,1-2H3,(H,26,27,28)/t20-/m1/s1. The van der Waals surface area contributed by atoms with Crippen molar-refractivity contribution >= 4 is 17.6 Å². The summed E-state index contributed by atoms with van der Waals surface area (Å²) >= 11 is 0. The number of nitrogens with one attached hydrogen (secondary N) is 1. The molecule has 34 heavy (non-hydrogen) atoms. The summed E-state index contributed by atoms with van der Waals surface area (Å²) in [6.07, 6.45) is 2.52. The number of nitrogens with zero attached hydrogens (tertiary/aromatic N) is 3. The van der Waals surface area contributed by atoms with Crippen LogP contribution in [0.2, 0.25) is 0 Å². The summed E-state index contributed by atoms with van der Waals surface area (Å²) in [7, 11) is 0. The van der Waals surface area contributed by atoms with Gasteiger partial charge in [0.1, 0.15) is 6.10 Å². The molecule has 0 unspecified atom stereocenters. The monoisotopic (exact) mass is 462 g/mol. The number of hydrazine groups is 1. The van der Waals surface area contributed by atoms with Gasteiger partial charge in [0.2, 0.25) is 0 Å². The van der Waals surface area contributed by atoms with Gasteiger partial charge in [-0.15, -0.1) is 0 Å². The van der Waals surface area contributed by atoms with Crippen molar-refractivity contribution in [3.05, 3.63) is 65.7 Å². The maximum atomic E-state index is 13.3. The smallest absolute Gasteiger partial charge is 0.315 e. The van der Waals surface area contributed by atoms with E-state index >= 15 is 0 Å². The number of carbonyl (C=O) groups excluding carboxylic acids is 2. The van der Waals surface area contributed by atoms with Crippen molar-refractivity contribution in [2.75, 3.05) is 12.0 Å². The fourth-order valence-electron chi connectivity index (χ4n) is 4.10. The van der Waals surface area contributed by atoms with Crippen LogP contribution in [0.25, 0.3) is 11.4 Å². The number of carbonyl (C=O) groups is 2. The molecule has 0 aliphatic carbocycles. The molecule has 9 heteroatoms. The van der Waals surface area contributed by atoms with Crippen LogP contribution in [0.4, 0.5) is 5.82 Å². The molecular formula is C25H26N4O5. The quantitative estimate of drug-likeness (QED) is 0.451. The van der Waals surface area contributed by atoms with E-state index in [-0.39, 0.29) is 12.4 Å². The van der Waals surface area contributed by atoms with Gasteiger partial charge >= 0.3 is 5.91 Å². The third kappa shape index (κ3) is 4.44. The zero-order valence-corrected chi connectivity index (χ0v) is 19.1. The minimum absolute atomic E-state index is 0.0300. The average molecular weight is 463 g/mol. The number of rotatable bonds is 5. The van der Waals surface area contributed by atoms with E-state index in [1.165, 1.54) is 12.3 Å². The molecule has 176 valence electrons. The van der Waals surface area contributed by atoms with E-state index in [1.807, 2.05) is 44.2 Å². The molecule has 9 nitrogen and oxygen atoms in total. The van der Waals surface area contributed by atoms with Gasteiger partial charge < -0.3 is 13.9 Å². The van der Waals surface area contributed by atoms with Crippen molar-refractivity contribution in [2.45, 2.75) is 51.4 Å². The van der Waals surface area contributed by atoms with E-state index in [9.17, 15) is 9.59 Å². The Morgan fingerprint density at radius 1 is 1.12 bits per heavy atom. The Morgan fingerprint density at radius 3 is 2.65 bits per heavy atom. The zero-order chi connectivity index (χ0) is 23.7. The molecule has 0 bridgehead atoms. The molecule has 1 aromatic carbocycles. The molecule has 4 heterocycles. The number of benzene rings is 1. The Labute approximate surface area is 197 Å². The van der Waals surface area contributed by atoms with Crippen molar-refractivity contribution in [3.8, 4) is 11.4 Å². The van der Waals surface area contributed by atoms with Gasteiger partial charge in [-0.25, -0.2) is 9.97 Å². The highest BCUT2D eigenvalue weighted by molar-refractivity contribution is 6.05. The molecule has 1 atom stereocenters. The van der Waals surface area contributed by atoms with Crippen molar-refractivity contribution < 1.29 is 23.5 Å². The van der Waals surface area contributed by atoms with Crippen LogP contribution in [0.3, 0.4) is 0 Å².